The second kappa shape index (κ2) is 14.4. The Morgan fingerprint density at radius 2 is 1.78 bits per heavy atom. The van der Waals surface area contributed by atoms with Gasteiger partial charge in [-0.05, 0) is 78.5 Å². The highest BCUT2D eigenvalue weighted by Crippen LogP contribution is 2.46. The monoisotopic (exact) mass is 743 g/mol. The lowest BCUT2D eigenvalue weighted by Gasteiger charge is -2.37. The molecule has 2 heterocycles. The van der Waals surface area contributed by atoms with Gasteiger partial charge in [-0.25, -0.2) is 18.0 Å². The summed E-state index contributed by atoms with van der Waals surface area (Å²) in [6.45, 7) is 15.5. The normalized spacial score (nSPS) is 29.0. The number of nitrogens with zero attached hydrogens (tertiary/aromatic N) is 1. The molecule has 0 aromatic rings. The van der Waals surface area contributed by atoms with Crippen LogP contribution in [0.25, 0.3) is 0 Å². The average molecular weight is 744 g/mol. The number of fused-ring (bicyclic) bond motifs is 2. The van der Waals surface area contributed by atoms with Crippen molar-refractivity contribution in [3.8, 4) is 0 Å². The zero-order valence-electron chi connectivity index (χ0n) is 29.8. The highest BCUT2D eigenvalue weighted by molar-refractivity contribution is 8.00. The fraction of sp³-hybridized carbons (Fsp3) is 0.781. The van der Waals surface area contributed by atoms with Crippen molar-refractivity contribution in [3.63, 3.8) is 0 Å². The van der Waals surface area contributed by atoms with Crippen LogP contribution in [0, 0.1) is 5.92 Å². The van der Waals surface area contributed by atoms with E-state index in [1.165, 1.54) is 16.7 Å². The standard InChI is InChI=1S/C32H53N5O9S2Si/c1-30(2,3)46-29(42)34-24-26(39)37-19-21(33-28(41)45-14-16-49(6,7)8)17-23(37)25(38)35-32(27(40)36-48(43,44)22-12-13-22)18-20(32)11-9-10-15-47-31(24,4)5/h9,11,20-24H,10,12-19H2,1-8H3,(H,33,41)(H,34,42)(H,35,38)(H,36,40)/t20-,21-,23+,24-,32-/m1/s1. The number of carbonyl (C=O) groups is 5. The fourth-order valence-electron chi connectivity index (χ4n) is 5.92. The van der Waals surface area contributed by atoms with Crippen LogP contribution in [0.4, 0.5) is 9.59 Å². The lowest BCUT2D eigenvalue weighted by molar-refractivity contribution is -0.141. The first-order valence-corrected chi connectivity index (χ1v) is 23.2. The summed E-state index contributed by atoms with van der Waals surface area (Å²) >= 11 is 1.46. The van der Waals surface area contributed by atoms with E-state index in [4.69, 9.17) is 9.47 Å². The molecule has 17 heteroatoms. The smallest absolute Gasteiger partial charge is 0.408 e. The maximum absolute atomic E-state index is 14.5. The topological polar surface area (TPSA) is 189 Å². The Balaban J connectivity index is 1.64. The molecule has 0 aromatic heterocycles. The molecule has 0 bridgehead atoms. The molecule has 49 heavy (non-hydrogen) atoms. The second-order valence-electron chi connectivity index (χ2n) is 16.2. The van der Waals surface area contributed by atoms with Crippen molar-refractivity contribution in [2.75, 3.05) is 18.9 Å². The summed E-state index contributed by atoms with van der Waals surface area (Å²) in [6.07, 6.45) is 3.91. The van der Waals surface area contributed by atoms with E-state index in [0.29, 0.717) is 25.0 Å². The van der Waals surface area contributed by atoms with Crippen LogP contribution in [0.5, 0.6) is 0 Å². The summed E-state index contributed by atoms with van der Waals surface area (Å²) in [4.78, 5) is 69.3. The van der Waals surface area contributed by atoms with Gasteiger partial charge in [0.25, 0.3) is 5.91 Å². The van der Waals surface area contributed by atoms with E-state index in [2.05, 4.69) is 40.3 Å². The molecule has 0 spiro atoms. The minimum Gasteiger partial charge on any atom is -0.450 e. The molecular formula is C32H53N5O9S2Si. The Morgan fingerprint density at radius 1 is 1.10 bits per heavy atom. The van der Waals surface area contributed by atoms with Crippen molar-refractivity contribution in [3.05, 3.63) is 12.2 Å². The Bertz CT molecular complexity index is 1460. The van der Waals surface area contributed by atoms with E-state index < -0.39 is 93.2 Å². The van der Waals surface area contributed by atoms with Crippen LogP contribution in [0.2, 0.25) is 25.7 Å². The van der Waals surface area contributed by atoms with Crippen LogP contribution in [0.15, 0.2) is 12.2 Å². The predicted molar refractivity (Wildman–Crippen MR) is 189 cm³/mol. The van der Waals surface area contributed by atoms with Gasteiger partial charge in [0, 0.05) is 25.3 Å². The maximum atomic E-state index is 14.5. The van der Waals surface area contributed by atoms with Crippen LogP contribution >= 0.6 is 11.8 Å². The third kappa shape index (κ3) is 10.4. The first-order valence-electron chi connectivity index (χ1n) is 16.9. The average Bonchev–Trinajstić information content (AvgIpc) is 3.86. The number of amides is 5. The first kappa shape index (κ1) is 39.0. The fourth-order valence-corrected chi connectivity index (χ4v) is 9.10. The van der Waals surface area contributed by atoms with Crippen molar-refractivity contribution in [1.82, 2.24) is 25.6 Å². The zero-order chi connectivity index (χ0) is 36.6. The Kier molecular flexibility index (Phi) is 11.5. The molecule has 2 aliphatic heterocycles. The van der Waals surface area contributed by atoms with Crippen LogP contribution in [-0.4, -0.2) is 109 Å². The number of hydrogen-bond acceptors (Lipinski definition) is 10. The van der Waals surface area contributed by atoms with E-state index in [9.17, 15) is 32.4 Å². The van der Waals surface area contributed by atoms with Crippen LogP contribution in [0.1, 0.15) is 66.7 Å². The summed E-state index contributed by atoms with van der Waals surface area (Å²) in [5, 5.41) is 7.70. The van der Waals surface area contributed by atoms with Gasteiger partial charge in [0.15, 0.2) is 0 Å². The molecule has 0 aromatic carbocycles. The van der Waals surface area contributed by atoms with Gasteiger partial charge in [0.05, 0.1) is 17.9 Å². The summed E-state index contributed by atoms with van der Waals surface area (Å²) in [7, 11) is -5.36. The minimum atomic E-state index is -3.89. The summed E-state index contributed by atoms with van der Waals surface area (Å²) in [6, 6.07) is -2.20. The molecule has 3 fully saturated rings. The van der Waals surface area contributed by atoms with Crippen LogP contribution in [0.3, 0.4) is 0 Å². The van der Waals surface area contributed by atoms with Crippen LogP contribution < -0.4 is 20.7 Å². The lowest BCUT2D eigenvalue weighted by atomic mass is 10.0. The molecule has 5 atom stereocenters. The first-order chi connectivity index (χ1) is 22.5. The number of hydrogen-bond donors (Lipinski definition) is 4. The number of ether oxygens (including phenoxy) is 2. The largest absolute Gasteiger partial charge is 0.450 e. The molecule has 5 amide bonds. The molecular weight excluding hydrogens is 691 g/mol. The number of thioether (sulfide) groups is 1. The third-order valence-electron chi connectivity index (χ3n) is 8.99. The quantitative estimate of drug-likeness (QED) is 0.213. The van der Waals surface area contributed by atoms with Gasteiger partial charge >= 0.3 is 12.2 Å². The Morgan fingerprint density at radius 3 is 2.39 bits per heavy atom. The highest BCUT2D eigenvalue weighted by atomic mass is 32.2. The van der Waals surface area contributed by atoms with E-state index in [1.807, 2.05) is 26.0 Å². The van der Waals surface area contributed by atoms with Gasteiger partial charge in [-0.3, -0.25) is 19.1 Å². The summed E-state index contributed by atoms with van der Waals surface area (Å²) < 4.78 is 37.7. The molecule has 4 N–H and O–H groups in total. The number of nitrogens with one attached hydrogen (secondary N) is 4. The van der Waals surface area contributed by atoms with Crippen molar-refractivity contribution in [1.29, 1.82) is 0 Å². The molecule has 276 valence electrons. The minimum absolute atomic E-state index is 0.00595. The third-order valence-corrected chi connectivity index (χ3v) is 13.9. The number of alkyl carbamates (subject to hydrolysis) is 2. The molecule has 4 rings (SSSR count). The van der Waals surface area contributed by atoms with Crippen molar-refractivity contribution < 1.29 is 41.9 Å². The van der Waals surface area contributed by atoms with E-state index in [1.54, 1.807) is 20.8 Å². The summed E-state index contributed by atoms with van der Waals surface area (Å²) in [5.41, 5.74) is -2.35. The van der Waals surface area contributed by atoms with Gasteiger partial charge in [-0.15, -0.1) is 0 Å². The molecule has 2 aliphatic carbocycles. The van der Waals surface area contributed by atoms with E-state index >= 15 is 0 Å². The predicted octanol–water partition coefficient (Wildman–Crippen LogP) is 2.87. The molecule has 1 saturated heterocycles. The van der Waals surface area contributed by atoms with Crippen LogP contribution in [-0.2, 0) is 33.9 Å². The van der Waals surface area contributed by atoms with E-state index in [0.717, 1.165) is 6.04 Å². The number of carbonyl (C=O) groups excluding carboxylic acids is 5. The van der Waals surface area contributed by atoms with Crippen molar-refractivity contribution in [2.24, 2.45) is 5.92 Å². The molecule has 2 saturated carbocycles. The Labute approximate surface area is 295 Å². The summed E-state index contributed by atoms with van der Waals surface area (Å²) in [5.74, 6) is -1.93. The zero-order valence-corrected chi connectivity index (χ0v) is 32.5. The number of allylic oxidation sites excluding steroid dienone is 1. The molecule has 0 unspecified atom stereocenters. The maximum Gasteiger partial charge on any atom is 0.408 e. The highest BCUT2D eigenvalue weighted by Gasteiger charge is 2.62. The SMILES string of the molecule is CC(C)(C)OC(=O)N[C@@H]1C(=O)N2C[C@H](NC(=O)OCC[Si](C)(C)C)C[C@H]2C(=O)N[C@]2(C(=O)NS(=O)(=O)C3CC3)C[C@H]2C=CCCSC1(C)C. The van der Waals surface area contributed by atoms with Gasteiger partial charge in [0.2, 0.25) is 21.8 Å². The van der Waals surface area contributed by atoms with Gasteiger partial charge < -0.3 is 30.3 Å². The van der Waals surface area contributed by atoms with Gasteiger partial charge in [-0.2, -0.15) is 11.8 Å². The molecule has 4 aliphatic rings. The lowest BCUT2D eigenvalue weighted by Crippen LogP contribution is -2.61. The number of rotatable bonds is 8. The number of sulfonamides is 1. The van der Waals surface area contributed by atoms with Crippen molar-refractivity contribution >= 4 is 59.8 Å². The Hall–Kier alpha value is -2.79. The van der Waals surface area contributed by atoms with Gasteiger partial charge in [0.1, 0.15) is 23.2 Å². The van der Waals surface area contributed by atoms with Crippen molar-refractivity contribution in [2.45, 2.75) is 132 Å². The molecule has 0 radical (unpaired) electrons. The van der Waals surface area contributed by atoms with Gasteiger partial charge in [-0.1, -0.05) is 31.8 Å². The molecule has 14 nitrogen and oxygen atoms in total. The van der Waals surface area contributed by atoms with E-state index in [-0.39, 0.29) is 26.0 Å². The second-order valence-corrected chi connectivity index (χ2v) is 25.6.